The molecule has 0 aliphatic rings. The topological polar surface area (TPSA) is 34.9 Å². The number of benzene rings is 2. The number of unbranched alkanes of at least 4 members (excludes halogenated alkanes) is 1. The molecule has 2 aromatic carbocycles. The van der Waals surface area contributed by atoms with Gasteiger partial charge in [0.1, 0.15) is 0 Å². The Kier molecular flexibility index (Phi) is 4.06. The second kappa shape index (κ2) is 6.52. The number of aromatic nitrogens is 2. The summed E-state index contributed by atoms with van der Waals surface area (Å²) in [5.41, 5.74) is 3.35. The molecule has 0 unspecified atom stereocenters. The largest absolute Gasteiger partial charge is 0.347 e. The predicted octanol–water partition coefficient (Wildman–Crippen LogP) is 5.02. The van der Waals surface area contributed by atoms with Gasteiger partial charge in [0.2, 0.25) is 0 Å². The molecule has 3 nitrogen and oxygen atoms in total. The Bertz CT molecular complexity index is 1110. The molecule has 4 aromatic rings. The number of para-hydroxylation sites is 2. The van der Waals surface area contributed by atoms with Crippen LogP contribution in [0.25, 0.3) is 33.1 Å². The molecule has 0 aliphatic heterocycles. The van der Waals surface area contributed by atoms with E-state index in [1.807, 2.05) is 66.9 Å². The van der Waals surface area contributed by atoms with Crippen LogP contribution in [0.2, 0.25) is 0 Å². The molecule has 0 bridgehead atoms. The molecular weight excluding hydrogens is 308 g/mol. The maximum Gasteiger partial charge on any atom is 0.198 e. The van der Waals surface area contributed by atoms with Gasteiger partial charge in [-0.25, -0.2) is 4.98 Å². The van der Waals surface area contributed by atoms with Gasteiger partial charge >= 0.3 is 0 Å². The molecule has 0 saturated heterocycles. The van der Waals surface area contributed by atoms with Crippen LogP contribution >= 0.6 is 0 Å². The monoisotopic (exact) mass is 328 g/mol. The highest BCUT2D eigenvalue weighted by Gasteiger charge is 2.12. The number of hydrogen-bond acceptors (Lipinski definition) is 2. The van der Waals surface area contributed by atoms with E-state index < -0.39 is 0 Å². The average Bonchev–Trinajstić information content (AvgIpc) is 2.67. The summed E-state index contributed by atoms with van der Waals surface area (Å²) in [5, 5.41) is 1.84. The highest BCUT2D eigenvalue weighted by Crippen LogP contribution is 2.21. The molecule has 0 saturated carbocycles. The van der Waals surface area contributed by atoms with Crippen molar-refractivity contribution in [1.29, 1.82) is 0 Å². The summed E-state index contributed by atoms with van der Waals surface area (Å²) in [4.78, 5) is 17.8. The number of rotatable bonds is 4. The van der Waals surface area contributed by atoms with Crippen LogP contribution in [-0.4, -0.2) is 9.55 Å². The van der Waals surface area contributed by atoms with Crippen molar-refractivity contribution in [2.75, 3.05) is 0 Å². The number of hydrogen-bond donors (Lipinski definition) is 0. The normalized spacial score (nSPS) is 11.2. The van der Waals surface area contributed by atoms with Crippen molar-refractivity contribution in [2.24, 2.45) is 0 Å². The Labute approximate surface area is 146 Å². The SMILES string of the molecule is CCCCn1cc(-c2ccc3ccccc3n2)c(=O)c2ccccc21. The van der Waals surface area contributed by atoms with E-state index >= 15 is 0 Å². The molecule has 0 aliphatic carbocycles. The van der Waals surface area contributed by atoms with Gasteiger partial charge in [0, 0.05) is 23.5 Å². The van der Waals surface area contributed by atoms with Gasteiger partial charge in [-0.1, -0.05) is 49.7 Å². The van der Waals surface area contributed by atoms with Crippen LogP contribution in [-0.2, 0) is 6.54 Å². The number of pyridine rings is 2. The highest BCUT2D eigenvalue weighted by molar-refractivity contribution is 5.85. The Morgan fingerprint density at radius 1 is 0.960 bits per heavy atom. The van der Waals surface area contributed by atoms with E-state index in [0.717, 1.165) is 46.9 Å². The summed E-state index contributed by atoms with van der Waals surface area (Å²) < 4.78 is 2.19. The smallest absolute Gasteiger partial charge is 0.198 e. The average molecular weight is 328 g/mol. The van der Waals surface area contributed by atoms with Gasteiger partial charge in [0.15, 0.2) is 5.43 Å². The van der Waals surface area contributed by atoms with Crippen molar-refractivity contribution >= 4 is 21.8 Å². The van der Waals surface area contributed by atoms with E-state index in [9.17, 15) is 4.79 Å². The van der Waals surface area contributed by atoms with Crippen molar-refractivity contribution in [1.82, 2.24) is 9.55 Å². The molecule has 0 fully saturated rings. The maximum absolute atomic E-state index is 13.0. The van der Waals surface area contributed by atoms with Gasteiger partial charge in [0.05, 0.1) is 22.3 Å². The van der Waals surface area contributed by atoms with Crippen LogP contribution in [0.3, 0.4) is 0 Å². The minimum Gasteiger partial charge on any atom is -0.347 e. The highest BCUT2D eigenvalue weighted by atomic mass is 16.1. The standard InChI is InChI=1S/C22H20N2O/c1-2-3-14-24-15-18(22(25)17-9-5-7-11-21(17)24)20-13-12-16-8-4-6-10-19(16)23-20/h4-13,15H,2-3,14H2,1H3. The quantitative estimate of drug-likeness (QED) is 0.527. The molecule has 0 N–H and O–H groups in total. The molecule has 0 atom stereocenters. The van der Waals surface area contributed by atoms with Gasteiger partial charge in [-0.15, -0.1) is 0 Å². The minimum absolute atomic E-state index is 0.0473. The molecule has 2 aromatic heterocycles. The molecule has 25 heavy (non-hydrogen) atoms. The fraction of sp³-hybridized carbons (Fsp3) is 0.182. The predicted molar refractivity (Wildman–Crippen MR) is 104 cm³/mol. The third kappa shape index (κ3) is 2.82. The van der Waals surface area contributed by atoms with E-state index in [1.165, 1.54) is 0 Å². The van der Waals surface area contributed by atoms with E-state index in [4.69, 9.17) is 4.98 Å². The lowest BCUT2D eigenvalue weighted by molar-refractivity contribution is 0.646. The first-order valence-electron chi connectivity index (χ1n) is 8.76. The number of nitrogens with zero attached hydrogens (tertiary/aromatic N) is 2. The Balaban J connectivity index is 1.96. The summed E-state index contributed by atoms with van der Waals surface area (Å²) in [5.74, 6) is 0. The van der Waals surface area contributed by atoms with E-state index in [-0.39, 0.29) is 5.43 Å². The first-order chi connectivity index (χ1) is 12.3. The van der Waals surface area contributed by atoms with Crippen LogP contribution in [0.5, 0.6) is 0 Å². The first-order valence-corrected chi connectivity index (χ1v) is 8.76. The van der Waals surface area contributed by atoms with E-state index in [0.29, 0.717) is 5.56 Å². The van der Waals surface area contributed by atoms with Crippen molar-refractivity contribution in [3.63, 3.8) is 0 Å². The molecule has 0 radical (unpaired) electrons. The lowest BCUT2D eigenvalue weighted by Gasteiger charge is -2.13. The molecule has 0 amide bonds. The molecule has 2 heterocycles. The molecular formula is C22H20N2O. The fourth-order valence-electron chi connectivity index (χ4n) is 3.26. The van der Waals surface area contributed by atoms with Crippen molar-refractivity contribution in [3.05, 3.63) is 77.1 Å². The second-order valence-electron chi connectivity index (χ2n) is 6.33. The zero-order chi connectivity index (χ0) is 17.2. The lowest BCUT2D eigenvalue weighted by atomic mass is 10.1. The second-order valence-corrected chi connectivity index (χ2v) is 6.33. The summed E-state index contributed by atoms with van der Waals surface area (Å²) in [6.07, 6.45) is 4.17. The Morgan fingerprint density at radius 2 is 1.76 bits per heavy atom. The van der Waals surface area contributed by atoms with Gasteiger partial charge in [-0.3, -0.25) is 4.79 Å². The van der Waals surface area contributed by atoms with Gasteiger partial charge < -0.3 is 4.57 Å². The van der Waals surface area contributed by atoms with Crippen LogP contribution in [0.1, 0.15) is 19.8 Å². The first kappa shape index (κ1) is 15.6. The fourth-order valence-corrected chi connectivity index (χ4v) is 3.26. The van der Waals surface area contributed by atoms with Crippen molar-refractivity contribution in [3.8, 4) is 11.3 Å². The molecule has 0 spiro atoms. The van der Waals surface area contributed by atoms with Gasteiger partial charge in [-0.2, -0.15) is 0 Å². The van der Waals surface area contributed by atoms with Crippen molar-refractivity contribution in [2.45, 2.75) is 26.3 Å². The van der Waals surface area contributed by atoms with Crippen LogP contribution in [0, 0.1) is 0 Å². The van der Waals surface area contributed by atoms with Gasteiger partial charge in [-0.05, 0) is 30.7 Å². The van der Waals surface area contributed by atoms with Crippen LogP contribution in [0.4, 0.5) is 0 Å². The Hall–Kier alpha value is -2.94. The molecule has 3 heteroatoms. The third-order valence-electron chi connectivity index (χ3n) is 4.61. The summed E-state index contributed by atoms with van der Waals surface area (Å²) in [7, 11) is 0. The number of aryl methyl sites for hydroxylation is 1. The summed E-state index contributed by atoms with van der Waals surface area (Å²) in [6.45, 7) is 3.08. The molecule has 124 valence electrons. The maximum atomic E-state index is 13.0. The van der Waals surface area contributed by atoms with E-state index in [2.05, 4.69) is 11.5 Å². The summed E-state index contributed by atoms with van der Waals surface area (Å²) in [6, 6.07) is 19.8. The lowest BCUT2D eigenvalue weighted by Crippen LogP contribution is -2.13. The van der Waals surface area contributed by atoms with Crippen LogP contribution in [0.15, 0.2) is 71.7 Å². The van der Waals surface area contributed by atoms with Crippen LogP contribution < -0.4 is 5.43 Å². The zero-order valence-corrected chi connectivity index (χ0v) is 14.3. The molecule has 4 rings (SSSR count). The zero-order valence-electron chi connectivity index (χ0n) is 14.3. The number of fused-ring (bicyclic) bond motifs is 2. The van der Waals surface area contributed by atoms with Gasteiger partial charge in [0.25, 0.3) is 0 Å². The van der Waals surface area contributed by atoms with E-state index in [1.54, 1.807) is 0 Å². The van der Waals surface area contributed by atoms with Crippen molar-refractivity contribution < 1.29 is 0 Å². The summed E-state index contributed by atoms with van der Waals surface area (Å²) >= 11 is 0. The Morgan fingerprint density at radius 3 is 2.64 bits per heavy atom. The minimum atomic E-state index is 0.0473. The third-order valence-corrected chi connectivity index (χ3v) is 4.61.